The molecule has 7 nitrogen and oxygen atoms in total. The van der Waals surface area contributed by atoms with Gasteiger partial charge in [0.25, 0.3) is 0 Å². The highest BCUT2D eigenvalue weighted by Crippen LogP contribution is 2.38. The van der Waals surface area contributed by atoms with E-state index >= 15 is 0 Å². The molecule has 1 N–H and O–H groups in total. The van der Waals surface area contributed by atoms with Crippen LogP contribution in [-0.2, 0) is 16.3 Å². The number of aliphatic hydroxyl groups excluding tert-OH is 1. The summed E-state index contributed by atoms with van der Waals surface area (Å²) in [6.07, 6.45) is 2.91. The second-order valence-corrected chi connectivity index (χ2v) is 11.3. The van der Waals surface area contributed by atoms with Crippen molar-refractivity contribution >= 4 is 15.4 Å². The number of alkyl halides is 3. The second kappa shape index (κ2) is 9.26. The van der Waals surface area contributed by atoms with Crippen molar-refractivity contribution in [2.45, 2.75) is 68.5 Å². The molecule has 0 aliphatic heterocycles. The Hall–Kier alpha value is -2.53. The van der Waals surface area contributed by atoms with Gasteiger partial charge in [-0.25, -0.2) is 17.9 Å². The number of aromatic nitrogens is 4. The van der Waals surface area contributed by atoms with Crippen LogP contribution < -0.4 is 0 Å². The minimum atomic E-state index is -4.25. The van der Waals surface area contributed by atoms with Gasteiger partial charge in [-0.3, -0.25) is 4.98 Å². The summed E-state index contributed by atoms with van der Waals surface area (Å²) < 4.78 is 64.2. The van der Waals surface area contributed by atoms with Crippen LogP contribution >= 0.6 is 0 Å². The van der Waals surface area contributed by atoms with Crippen LogP contribution in [0.15, 0.2) is 35.6 Å². The lowest BCUT2D eigenvalue weighted by Gasteiger charge is -2.25. The fourth-order valence-corrected chi connectivity index (χ4v) is 5.18. The summed E-state index contributed by atoms with van der Waals surface area (Å²) in [5.41, 5.74) is 2.79. The smallest absolute Gasteiger partial charge is 0.389 e. The quantitative estimate of drug-likeness (QED) is 0.545. The largest absolute Gasteiger partial charge is 0.393 e. The third kappa shape index (κ3) is 5.57. The van der Waals surface area contributed by atoms with Gasteiger partial charge in [-0.05, 0) is 43.7 Å². The number of pyridine rings is 1. The SMILES string of the molecule is C[C@H](Cc1ncc2c(-c3cncc(S(C)(=O)=O)c3)cc(C3CCC(O)CC3)n2n1)CC(F)(F)F. The predicted molar refractivity (Wildman–Crippen MR) is 120 cm³/mol. The van der Waals surface area contributed by atoms with Gasteiger partial charge in [-0.15, -0.1) is 0 Å². The van der Waals surface area contributed by atoms with Gasteiger partial charge in [0.1, 0.15) is 5.82 Å². The summed E-state index contributed by atoms with van der Waals surface area (Å²) in [6.45, 7) is 1.52. The summed E-state index contributed by atoms with van der Waals surface area (Å²) in [7, 11) is -3.46. The van der Waals surface area contributed by atoms with Crippen LogP contribution in [0.2, 0.25) is 0 Å². The topological polar surface area (TPSA) is 97.5 Å². The first kappa shape index (κ1) is 24.6. The number of sulfone groups is 1. The Morgan fingerprint density at radius 3 is 2.50 bits per heavy atom. The first-order chi connectivity index (χ1) is 15.9. The molecular weight excluding hydrogens is 469 g/mol. The molecule has 0 spiro atoms. The molecule has 3 aromatic rings. The van der Waals surface area contributed by atoms with E-state index in [4.69, 9.17) is 0 Å². The van der Waals surface area contributed by atoms with Crippen LogP contribution in [0, 0.1) is 5.92 Å². The Kier molecular flexibility index (Phi) is 6.69. The zero-order valence-corrected chi connectivity index (χ0v) is 19.8. The molecule has 0 amide bonds. The summed E-state index contributed by atoms with van der Waals surface area (Å²) in [6, 6.07) is 3.48. The van der Waals surface area contributed by atoms with Crippen molar-refractivity contribution in [3.05, 3.63) is 42.2 Å². The molecule has 0 aromatic carbocycles. The van der Waals surface area contributed by atoms with Gasteiger partial charge in [-0.1, -0.05) is 6.92 Å². The van der Waals surface area contributed by atoms with Gasteiger partial charge in [-0.2, -0.15) is 18.3 Å². The zero-order chi connectivity index (χ0) is 24.7. The number of rotatable bonds is 6. The summed E-state index contributed by atoms with van der Waals surface area (Å²) in [5.74, 6) is -0.256. The van der Waals surface area contributed by atoms with Gasteiger partial charge in [0.2, 0.25) is 0 Å². The molecule has 3 heterocycles. The van der Waals surface area contributed by atoms with Crippen molar-refractivity contribution in [3.8, 4) is 11.1 Å². The number of halogens is 3. The average molecular weight is 497 g/mol. The number of nitrogens with zero attached hydrogens (tertiary/aromatic N) is 4. The Bertz CT molecular complexity index is 1280. The molecule has 0 bridgehead atoms. The molecule has 0 saturated heterocycles. The Morgan fingerprint density at radius 2 is 1.85 bits per heavy atom. The highest BCUT2D eigenvalue weighted by molar-refractivity contribution is 7.90. The maximum Gasteiger partial charge on any atom is 0.389 e. The maximum atomic E-state index is 12.8. The molecule has 3 aromatic heterocycles. The second-order valence-electron chi connectivity index (χ2n) is 9.27. The summed E-state index contributed by atoms with van der Waals surface area (Å²) in [4.78, 5) is 8.50. The third-order valence-electron chi connectivity index (χ3n) is 6.27. The van der Waals surface area contributed by atoms with E-state index in [-0.39, 0.29) is 23.3 Å². The molecule has 4 rings (SSSR count). The number of fused-ring (bicyclic) bond motifs is 1. The molecule has 34 heavy (non-hydrogen) atoms. The molecule has 0 radical (unpaired) electrons. The number of hydrogen-bond donors (Lipinski definition) is 1. The summed E-state index contributed by atoms with van der Waals surface area (Å²) in [5, 5.41) is 14.5. The maximum absolute atomic E-state index is 12.8. The van der Waals surface area contributed by atoms with Crippen molar-refractivity contribution in [1.29, 1.82) is 0 Å². The van der Waals surface area contributed by atoms with Crippen LogP contribution in [0.5, 0.6) is 0 Å². The van der Waals surface area contributed by atoms with Gasteiger partial charge < -0.3 is 5.11 Å². The van der Waals surface area contributed by atoms with Crippen molar-refractivity contribution < 1.29 is 26.7 Å². The highest BCUT2D eigenvalue weighted by Gasteiger charge is 2.31. The molecular formula is C23H27F3N4O3S. The predicted octanol–water partition coefficient (Wildman–Crippen LogP) is 4.34. The molecule has 184 valence electrons. The van der Waals surface area contributed by atoms with Crippen LogP contribution in [0.1, 0.15) is 56.5 Å². The normalized spacial score (nSPS) is 20.5. The number of aliphatic hydroxyl groups is 1. The third-order valence-corrected chi connectivity index (χ3v) is 7.35. The fourth-order valence-electron chi connectivity index (χ4n) is 4.58. The van der Waals surface area contributed by atoms with Crippen LogP contribution in [0.3, 0.4) is 0 Å². The fraction of sp³-hybridized carbons (Fsp3) is 0.522. The zero-order valence-electron chi connectivity index (χ0n) is 19.0. The minimum Gasteiger partial charge on any atom is -0.393 e. The van der Waals surface area contributed by atoms with Crippen LogP contribution in [0.25, 0.3) is 16.6 Å². The molecule has 1 aliphatic carbocycles. The highest BCUT2D eigenvalue weighted by atomic mass is 32.2. The van der Waals surface area contributed by atoms with Crippen LogP contribution in [0.4, 0.5) is 13.2 Å². The monoisotopic (exact) mass is 496 g/mol. The Labute approximate surface area is 196 Å². The molecule has 1 fully saturated rings. The van der Waals surface area contributed by atoms with E-state index in [1.54, 1.807) is 23.0 Å². The van der Waals surface area contributed by atoms with Crippen molar-refractivity contribution in [2.24, 2.45) is 5.92 Å². The standard InChI is InChI=1S/C23H27F3N4O3S/c1-14(10-23(24,25)26)7-22-28-13-21-19(16-8-18(12-27-11-16)34(2,32)33)9-20(30(21)29-22)15-3-5-17(31)6-4-15/h8-9,11-15,17,31H,3-7,10H2,1-2H3/t14-,15?,17?/m1/s1. The van der Waals surface area contributed by atoms with Gasteiger partial charge in [0, 0.05) is 54.2 Å². The van der Waals surface area contributed by atoms with Crippen molar-refractivity contribution in [2.75, 3.05) is 6.26 Å². The van der Waals surface area contributed by atoms with Crippen molar-refractivity contribution in [1.82, 2.24) is 19.6 Å². The van der Waals surface area contributed by atoms with E-state index in [0.29, 0.717) is 35.3 Å². The van der Waals surface area contributed by atoms with E-state index in [1.165, 1.54) is 13.1 Å². The van der Waals surface area contributed by atoms with Gasteiger partial charge in [0.05, 0.1) is 22.7 Å². The van der Waals surface area contributed by atoms with Gasteiger partial charge in [0.15, 0.2) is 9.84 Å². The van der Waals surface area contributed by atoms with E-state index in [2.05, 4.69) is 15.1 Å². The average Bonchev–Trinajstić information content (AvgIpc) is 3.11. The molecule has 1 saturated carbocycles. The van der Waals surface area contributed by atoms with Crippen LogP contribution in [-0.4, -0.2) is 51.6 Å². The lowest BCUT2D eigenvalue weighted by atomic mass is 9.85. The number of hydrogen-bond acceptors (Lipinski definition) is 6. The minimum absolute atomic E-state index is 0.0803. The first-order valence-corrected chi connectivity index (χ1v) is 13.1. The summed E-state index contributed by atoms with van der Waals surface area (Å²) >= 11 is 0. The molecule has 11 heteroatoms. The van der Waals surface area contributed by atoms with E-state index < -0.39 is 28.4 Å². The van der Waals surface area contributed by atoms with E-state index in [0.717, 1.165) is 24.8 Å². The van der Waals surface area contributed by atoms with Gasteiger partial charge >= 0.3 is 6.18 Å². The molecule has 1 atom stereocenters. The Balaban J connectivity index is 1.78. The molecule has 1 aliphatic rings. The van der Waals surface area contributed by atoms with E-state index in [9.17, 15) is 26.7 Å². The Morgan fingerprint density at radius 1 is 1.15 bits per heavy atom. The molecule has 0 unspecified atom stereocenters. The van der Waals surface area contributed by atoms with E-state index in [1.807, 2.05) is 6.07 Å². The lowest BCUT2D eigenvalue weighted by molar-refractivity contribution is -0.143. The first-order valence-electron chi connectivity index (χ1n) is 11.2. The van der Waals surface area contributed by atoms with Crippen molar-refractivity contribution in [3.63, 3.8) is 0 Å². The lowest BCUT2D eigenvalue weighted by Crippen LogP contribution is -2.19.